The molecule has 0 fully saturated rings. The number of hydrogen-bond donors (Lipinski definition) is 1. The Balaban J connectivity index is 4.09. The lowest BCUT2D eigenvalue weighted by molar-refractivity contribution is -0.121. The van der Waals surface area contributed by atoms with Gasteiger partial charge in [0, 0.05) is 20.1 Å². The van der Waals surface area contributed by atoms with Gasteiger partial charge in [-0.1, -0.05) is 6.92 Å². The molecule has 0 bridgehead atoms. The van der Waals surface area contributed by atoms with Crippen molar-refractivity contribution >= 4 is 11.9 Å². The van der Waals surface area contributed by atoms with E-state index in [9.17, 15) is 9.59 Å². The van der Waals surface area contributed by atoms with Crippen LogP contribution in [0, 0.1) is 0 Å². The molecule has 0 saturated carbocycles. The first-order valence-corrected chi connectivity index (χ1v) is 4.51. The summed E-state index contributed by atoms with van der Waals surface area (Å²) in [6.45, 7) is 2.18. The van der Waals surface area contributed by atoms with Crippen LogP contribution in [0.1, 0.15) is 19.8 Å². The van der Waals surface area contributed by atoms with Crippen molar-refractivity contribution in [1.82, 2.24) is 5.32 Å². The number of carbonyl (C=O) groups excluding carboxylic acids is 2. The van der Waals surface area contributed by atoms with E-state index in [4.69, 9.17) is 4.74 Å². The van der Waals surface area contributed by atoms with Crippen LogP contribution in [0.3, 0.4) is 0 Å². The van der Waals surface area contributed by atoms with Gasteiger partial charge >= 0.3 is 6.09 Å². The predicted molar refractivity (Wildman–Crippen MR) is 51.1 cm³/mol. The van der Waals surface area contributed by atoms with Gasteiger partial charge in [0.15, 0.2) is 5.78 Å². The number of Topliss-reactive ketones (excluding diaryl/α,β-unsaturated/α-hetero) is 1. The SMILES string of the molecule is CCC(=O)[C@@H](CCOC)NC(=O)OC. The van der Waals surface area contributed by atoms with E-state index in [1.165, 1.54) is 7.11 Å². The molecule has 14 heavy (non-hydrogen) atoms. The van der Waals surface area contributed by atoms with Gasteiger partial charge in [-0.25, -0.2) is 4.79 Å². The van der Waals surface area contributed by atoms with E-state index < -0.39 is 12.1 Å². The molecule has 1 N–H and O–H groups in total. The zero-order valence-corrected chi connectivity index (χ0v) is 8.83. The number of ether oxygens (including phenoxy) is 2. The summed E-state index contributed by atoms with van der Waals surface area (Å²) in [5.74, 6) is -0.0209. The summed E-state index contributed by atoms with van der Waals surface area (Å²) >= 11 is 0. The molecule has 0 aromatic rings. The lowest BCUT2D eigenvalue weighted by Gasteiger charge is -2.15. The quantitative estimate of drug-likeness (QED) is 0.691. The maximum Gasteiger partial charge on any atom is 0.407 e. The number of amides is 1. The van der Waals surface area contributed by atoms with Crippen molar-refractivity contribution in [2.45, 2.75) is 25.8 Å². The molecule has 0 saturated heterocycles. The van der Waals surface area contributed by atoms with Crippen molar-refractivity contribution in [2.75, 3.05) is 20.8 Å². The summed E-state index contributed by atoms with van der Waals surface area (Å²) in [4.78, 5) is 22.2. The van der Waals surface area contributed by atoms with E-state index in [0.29, 0.717) is 19.4 Å². The number of alkyl carbamates (subject to hydrolysis) is 1. The van der Waals surface area contributed by atoms with E-state index in [-0.39, 0.29) is 5.78 Å². The summed E-state index contributed by atoms with van der Waals surface area (Å²) < 4.78 is 9.25. The van der Waals surface area contributed by atoms with Crippen molar-refractivity contribution in [3.63, 3.8) is 0 Å². The molecule has 0 aliphatic heterocycles. The Morgan fingerprint density at radius 2 is 2.00 bits per heavy atom. The van der Waals surface area contributed by atoms with Gasteiger partial charge in [0.1, 0.15) is 0 Å². The Hall–Kier alpha value is -1.10. The van der Waals surface area contributed by atoms with E-state index in [1.54, 1.807) is 14.0 Å². The number of ketones is 1. The highest BCUT2D eigenvalue weighted by Gasteiger charge is 2.18. The second kappa shape index (κ2) is 7.32. The number of nitrogens with one attached hydrogen (secondary N) is 1. The summed E-state index contributed by atoms with van der Waals surface area (Å²) in [5, 5.41) is 2.46. The molecule has 0 spiro atoms. The van der Waals surface area contributed by atoms with Crippen LogP contribution in [0.5, 0.6) is 0 Å². The van der Waals surface area contributed by atoms with Crippen LogP contribution < -0.4 is 5.32 Å². The molecule has 0 radical (unpaired) electrons. The summed E-state index contributed by atoms with van der Waals surface area (Å²) in [6.07, 6.45) is 0.268. The van der Waals surface area contributed by atoms with Crippen LogP contribution in [-0.4, -0.2) is 38.7 Å². The highest BCUT2D eigenvalue weighted by molar-refractivity contribution is 5.87. The zero-order valence-electron chi connectivity index (χ0n) is 8.83. The fraction of sp³-hybridized carbons (Fsp3) is 0.778. The third-order valence-corrected chi connectivity index (χ3v) is 1.83. The van der Waals surface area contributed by atoms with E-state index in [1.807, 2.05) is 0 Å². The van der Waals surface area contributed by atoms with Crippen LogP contribution in [0.2, 0.25) is 0 Å². The van der Waals surface area contributed by atoms with E-state index in [2.05, 4.69) is 10.1 Å². The molecule has 0 aliphatic rings. The van der Waals surface area contributed by atoms with Gasteiger partial charge in [-0.2, -0.15) is 0 Å². The number of hydrogen-bond acceptors (Lipinski definition) is 4. The third-order valence-electron chi connectivity index (χ3n) is 1.83. The van der Waals surface area contributed by atoms with Crippen LogP contribution >= 0.6 is 0 Å². The van der Waals surface area contributed by atoms with Crippen LogP contribution in [0.25, 0.3) is 0 Å². The molecule has 0 unspecified atom stereocenters. The fourth-order valence-electron chi connectivity index (χ4n) is 0.997. The molecule has 5 nitrogen and oxygen atoms in total. The smallest absolute Gasteiger partial charge is 0.407 e. The first kappa shape index (κ1) is 12.9. The van der Waals surface area contributed by atoms with Gasteiger partial charge in [-0.15, -0.1) is 0 Å². The molecule has 0 aliphatic carbocycles. The molecule has 0 rings (SSSR count). The maximum absolute atomic E-state index is 11.3. The van der Waals surface area contributed by atoms with Gasteiger partial charge in [-0.05, 0) is 6.42 Å². The summed E-state index contributed by atoms with van der Waals surface area (Å²) in [5.41, 5.74) is 0. The molecular weight excluding hydrogens is 186 g/mol. The monoisotopic (exact) mass is 203 g/mol. The first-order valence-electron chi connectivity index (χ1n) is 4.51. The van der Waals surface area contributed by atoms with Crippen molar-refractivity contribution < 1.29 is 19.1 Å². The molecule has 0 aromatic carbocycles. The molecule has 82 valence electrons. The number of methoxy groups -OCH3 is 2. The Labute approximate surface area is 83.8 Å². The number of carbonyl (C=O) groups is 2. The van der Waals surface area contributed by atoms with Gasteiger partial charge in [-0.3, -0.25) is 4.79 Å². The standard InChI is InChI=1S/C9H17NO4/c1-4-8(11)7(5-6-13-2)10-9(12)14-3/h7H,4-6H2,1-3H3,(H,10,12)/t7-/m1/s1. The van der Waals surface area contributed by atoms with Crippen molar-refractivity contribution in [3.8, 4) is 0 Å². The molecule has 1 amide bonds. The van der Waals surface area contributed by atoms with Crippen molar-refractivity contribution in [2.24, 2.45) is 0 Å². The normalized spacial score (nSPS) is 11.9. The van der Waals surface area contributed by atoms with E-state index >= 15 is 0 Å². The minimum Gasteiger partial charge on any atom is -0.453 e. The topological polar surface area (TPSA) is 64.6 Å². The van der Waals surface area contributed by atoms with Gasteiger partial charge < -0.3 is 14.8 Å². The molecule has 5 heteroatoms. The Kier molecular flexibility index (Phi) is 6.74. The summed E-state index contributed by atoms with van der Waals surface area (Å²) in [7, 11) is 2.81. The lowest BCUT2D eigenvalue weighted by atomic mass is 10.1. The second-order valence-electron chi connectivity index (χ2n) is 2.79. The lowest BCUT2D eigenvalue weighted by Crippen LogP contribution is -2.41. The Morgan fingerprint density at radius 1 is 1.36 bits per heavy atom. The van der Waals surface area contributed by atoms with Crippen LogP contribution in [0.15, 0.2) is 0 Å². The molecular formula is C9H17NO4. The second-order valence-corrected chi connectivity index (χ2v) is 2.79. The number of rotatable bonds is 6. The van der Waals surface area contributed by atoms with Crippen LogP contribution in [-0.2, 0) is 14.3 Å². The zero-order chi connectivity index (χ0) is 11.0. The average Bonchev–Trinajstić information content (AvgIpc) is 2.22. The molecule has 0 aromatic heterocycles. The fourth-order valence-corrected chi connectivity index (χ4v) is 0.997. The average molecular weight is 203 g/mol. The highest BCUT2D eigenvalue weighted by Crippen LogP contribution is 1.98. The Morgan fingerprint density at radius 3 is 2.43 bits per heavy atom. The minimum absolute atomic E-state index is 0.0209. The predicted octanol–water partition coefficient (Wildman–Crippen LogP) is 0.727. The van der Waals surface area contributed by atoms with Crippen LogP contribution in [0.4, 0.5) is 4.79 Å². The van der Waals surface area contributed by atoms with Gasteiger partial charge in [0.25, 0.3) is 0 Å². The maximum atomic E-state index is 11.3. The molecule has 1 atom stereocenters. The molecule has 0 heterocycles. The van der Waals surface area contributed by atoms with E-state index in [0.717, 1.165) is 0 Å². The summed E-state index contributed by atoms with van der Waals surface area (Å²) in [6, 6.07) is -0.507. The first-order chi connectivity index (χ1) is 6.65. The minimum atomic E-state index is -0.590. The highest BCUT2D eigenvalue weighted by atomic mass is 16.5. The van der Waals surface area contributed by atoms with Crippen molar-refractivity contribution in [3.05, 3.63) is 0 Å². The van der Waals surface area contributed by atoms with Gasteiger partial charge in [0.05, 0.1) is 13.2 Å². The van der Waals surface area contributed by atoms with Crippen molar-refractivity contribution in [1.29, 1.82) is 0 Å². The largest absolute Gasteiger partial charge is 0.453 e. The van der Waals surface area contributed by atoms with Gasteiger partial charge in [0.2, 0.25) is 0 Å². The Bertz CT molecular complexity index is 193. The third kappa shape index (κ3) is 4.81.